The fraction of sp³-hybridized carbons (Fsp3) is 0.857. The summed E-state index contributed by atoms with van der Waals surface area (Å²) in [6, 6.07) is 0. The zero-order valence-corrected chi connectivity index (χ0v) is 7.90. The largest absolute Gasteiger partial charge is 0.466 e. The van der Waals surface area contributed by atoms with Crippen molar-refractivity contribution in [2.45, 2.75) is 13.3 Å². The fourth-order valence-electron chi connectivity index (χ4n) is 0.656. The highest BCUT2D eigenvalue weighted by atomic mass is 35.5. The van der Waals surface area contributed by atoms with E-state index in [4.69, 9.17) is 5.73 Å². The van der Waals surface area contributed by atoms with Crippen LogP contribution >= 0.6 is 12.4 Å². The van der Waals surface area contributed by atoms with Crippen LogP contribution in [0.2, 0.25) is 0 Å². The van der Waals surface area contributed by atoms with Crippen LogP contribution in [0.25, 0.3) is 0 Å². The Kier molecular flexibility index (Phi) is 10.3. The van der Waals surface area contributed by atoms with Crippen LogP contribution in [0.4, 0.5) is 4.39 Å². The number of alkyl halides is 1. The van der Waals surface area contributed by atoms with Crippen LogP contribution in [0.5, 0.6) is 0 Å². The SMILES string of the molecule is CCOC(=O)CC(CN)CF.Cl. The molecular formula is C7H15ClFNO2. The van der Waals surface area contributed by atoms with Crippen molar-refractivity contribution >= 4 is 18.4 Å². The Bertz CT molecular complexity index is 120. The summed E-state index contributed by atoms with van der Waals surface area (Å²) in [5.74, 6) is -0.755. The number of esters is 1. The van der Waals surface area contributed by atoms with Crippen molar-refractivity contribution in [2.75, 3.05) is 19.8 Å². The van der Waals surface area contributed by atoms with Crippen LogP contribution in [0, 0.1) is 5.92 Å². The highest BCUT2D eigenvalue weighted by Crippen LogP contribution is 2.02. The molecule has 0 aromatic rings. The predicted octanol–water partition coefficient (Wildman–Crippen LogP) is 0.906. The lowest BCUT2D eigenvalue weighted by Gasteiger charge is -2.08. The van der Waals surface area contributed by atoms with E-state index in [9.17, 15) is 9.18 Å². The molecule has 0 spiro atoms. The van der Waals surface area contributed by atoms with Crippen molar-refractivity contribution in [3.8, 4) is 0 Å². The molecule has 0 saturated heterocycles. The van der Waals surface area contributed by atoms with Gasteiger partial charge in [0.1, 0.15) is 0 Å². The number of carbonyl (C=O) groups excluding carboxylic acids is 1. The zero-order valence-electron chi connectivity index (χ0n) is 7.09. The molecule has 0 heterocycles. The second-order valence-corrected chi connectivity index (χ2v) is 2.27. The van der Waals surface area contributed by atoms with Crippen molar-refractivity contribution in [2.24, 2.45) is 11.7 Å². The molecule has 0 saturated carbocycles. The molecule has 74 valence electrons. The second kappa shape index (κ2) is 8.74. The lowest BCUT2D eigenvalue weighted by Crippen LogP contribution is -2.21. The molecular weight excluding hydrogens is 185 g/mol. The Hall–Kier alpha value is -0.350. The van der Waals surface area contributed by atoms with Gasteiger partial charge in [-0.25, -0.2) is 0 Å². The van der Waals surface area contributed by atoms with Crippen molar-refractivity contribution < 1.29 is 13.9 Å². The van der Waals surface area contributed by atoms with Crippen LogP contribution in [-0.4, -0.2) is 25.8 Å². The summed E-state index contributed by atoms with van der Waals surface area (Å²) in [7, 11) is 0. The lowest BCUT2D eigenvalue weighted by atomic mass is 10.1. The van der Waals surface area contributed by atoms with Crippen LogP contribution in [0.1, 0.15) is 13.3 Å². The maximum absolute atomic E-state index is 12.0. The standard InChI is InChI=1S/C7H14FNO2.ClH/c1-2-11-7(10)3-6(4-8)5-9;/h6H,2-5,9H2,1H3;1H. The molecule has 1 unspecified atom stereocenters. The second-order valence-electron chi connectivity index (χ2n) is 2.27. The van der Waals surface area contributed by atoms with E-state index in [1.54, 1.807) is 6.92 Å². The molecule has 0 aromatic heterocycles. The summed E-state index contributed by atoms with van der Waals surface area (Å²) in [6.07, 6.45) is 0.0842. The number of hydrogen-bond donors (Lipinski definition) is 1. The number of hydrogen-bond acceptors (Lipinski definition) is 3. The molecule has 0 aliphatic carbocycles. The van der Waals surface area contributed by atoms with E-state index in [0.29, 0.717) is 6.61 Å². The van der Waals surface area contributed by atoms with Gasteiger partial charge in [0.15, 0.2) is 0 Å². The Morgan fingerprint density at radius 2 is 2.25 bits per heavy atom. The molecule has 0 amide bonds. The first kappa shape index (κ1) is 14.2. The van der Waals surface area contributed by atoms with Crippen molar-refractivity contribution in [1.29, 1.82) is 0 Å². The third kappa shape index (κ3) is 6.37. The monoisotopic (exact) mass is 199 g/mol. The topological polar surface area (TPSA) is 52.3 Å². The van der Waals surface area contributed by atoms with E-state index in [-0.39, 0.29) is 37.3 Å². The molecule has 0 radical (unpaired) electrons. The molecule has 0 fully saturated rings. The van der Waals surface area contributed by atoms with Gasteiger partial charge in [-0.05, 0) is 13.5 Å². The molecule has 2 N–H and O–H groups in total. The Labute approximate surface area is 77.9 Å². The van der Waals surface area contributed by atoms with Gasteiger partial charge in [0.25, 0.3) is 0 Å². The molecule has 1 atom stereocenters. The van der Waals surface area contributed by atoms with Crippen molar-refractivity contribution in [3.63, 3.8) is 0 Å². The Balaban J connectivity index is 0. The number of carbonyl (C=O) groups is 1. The van der Waals surface area contributed by atoms with E-state index in [1.165, 1.54) is 0 Å². The minimum absolute atomic E-state index is 0. The maximum atomic E-state index is 12.0. The smallest absolute Gasteiger partial charge is 0.306 e. The summed E-state index contributed by atoms with van der Waals surface area (Å²) < 4.78 is 16.6. The minimum Gasteiger partial charge on any atom is -0.466 e. The molecule has 5 heteroatoms. The van der Waals surface area contributed by atoms with Gasteiger partial charge in [0.05, 0.1) is 19.7 Å². The highest BCUT2D eigenvalue weighted by Gasteiger charge is 2.12. The number of ether oxygens (including phenoxy) is 1. The average Bonchev–Trinajstić information content (AvgIpc) is 2.01. The van der Waals surface area contributed by atoms with Gasteiger partial charge in [-0.3, -0.25) is 9.18 Å². The summed E-state index contributed by atoms with van der Waals surface area (Å²) >= 11 is 0. The van der Waals surface area contributed by atoms with E-state index in [2.05, 4.69) is 4.74 Å². The van der Waals surface area contributed by atoms with Crippen LogP contribution in [0.15, 0.2) is 0 Å². The maximum Gasteiger partial charge on any atom is 0.306 e. The van der Waals surface area contributed by atoms with Gasteiger partial charge in [-0.15, -0.1) is 12.4 Å². The lowest BCUT2D eigenvalue weighted by molar-refractivity contribution is -0.144. The number of halogens is 2. The van der Waals surface area contributed by atoms with Crippen molar-refractivity contribution in [3.05, 3.63) is 0 Å². The van der Waals surface area contributed by atoms with Gasteiger partial charge >= 0.3 is 5.97 Å². The van der Waals surface area contributed by atoms with Crippen LogP contribution in [-0.2, 0) is 9.53 Å². The van der Waals surface area contributed by atoms with E-state index >= 15 is 0 Å². The number of rotatable bonds is 5. The Morgan fingerprint density at radius 1 is 1.67 bits per heavy atom. The van der Waals surface area contributed by atoms with Crippen molar-refractivity contribution in [1.82, 2.24) is 0 Å². The van der Waals surface area contributed by atoms with Crippen LogP contribution in [0.3, 0.4) is 0 Å². The summed E-state index contributed by atoms with van der Waals surface area (Å²) in [5.41, 5.74) is 5.18. The third-order valence-corrected chi connectivity index (χ3v) is 1.31. The molecule has 0 aliphatic rings. The average molecular weight is 200 g/mol. The number of nitrogens with two attached hydrogens (primary N) is 1. The van der Waals surface area contributed by atoms with Gasteiger partial charge in [0, 0.05) is 5.92 Å². The minimum atomic E-state index is -0.560. The van der Waals surface area contributed by atoms with E-state index in [0.717, 1.165) is 0 Å². The predicted molar refractivity (Wildman–Crippen MR) is 47.0 cm³/mol. The molecule has 3 nitrogen and oxygen atoms in total. The fourth-order valence-corrected chi connectivity index (χ4v) is 0.656. The van der Waals surface area contributed by atoms with Crippen LogP contribution < -0.4 is 5.73 Å². The summed E-state index contributed by atoms with van der Waals surface area (Å²) in [4.78, 5) is 10.7. The van der Waals surface area contributed by atoms with Gasteiger partial charge < -0.3 is 10.5 Å². The normalized spacial score (nSPS) is 11.6. The molecule has 0 rings (SSSR count). The molecule has 12 heavy (non-hydrogen) atoms. The quantitative estimate of drug-likeness (QED) is 0.670. The molecule has 0 aromatic carbocycles. The first-order valence-corrected chi connectivity index (χ1v) is 3.66. The summed E-state index contributed by atoms with van der Waals surface area (Å²) in [6.45, 7) is 1.68. The van der Waals surface area contributed by atoms with E-state index in [1.807, 2.05) is 0 Å². The van der Waals surface area contributed by atoms with Gasteiger partial charge in [-0.2, -0.15) is 0 Å². The summed E-state index contributed by atoms with van der Waals surface area (Å²) in [5, 5.41) is 0. The highest BCUT2D eigenvalue weighted by molar-refractivity contribution is 5.85. The Morgan fingerprint density at radius 3 is 2.58 bits per heavy atom. The first-order valence-electron chi connectivity index (χ1n) is 3.66. The third-order valence-electron chi connectivity index (χ3n) is 1.31. The van der Waals surface area contributed by atoms with Gasteiger partial charge in [-0.1, -0.05) is 0 Å². The molecule has 0 bridgehead atoms. The zero-order chi connectivity index (χ0) is 8.69. The first-order chi connectivity index (χ1) is 5.24. The van der Waals surface area contributed by atoms with E-state index < -0.39 is 6.67 Å². The van der Waals surface area contributed by atoms with Gasteiger partial charge in [0.2, 0.25) is 0 Å². The molecule has 0 aliphatic heterocycles.